The first kappa shape index (κ1) is 13.5. The van der Waals surface area contributed by atoms with Crippen LogP contribution in [0.25, 0.3) is 0 Å². The number of hydrogen-bond acceptors (Lipinski definition) is 3. The highest BCUT2D eigenvalue weighted by Crippen LogP contribution is 2.29. The predicted molar refractivity (Wildman–Crippen MR) is 49.3 cm³/mol. The van der Waals surface area contributed by atoms with Crippen LogP contribution < -0.4 is 11.5 Å². The van der Waals surface area contributed by atoms with Crippen molar-refractivity contribution in [1.29, 1.82) is 0 Å². The number of aliphatic hydroxyl groups is 1. The van der Waals surface area contributed by atoms with Crippen LogP contribution in [-0.2, 0) is 0 Å². The van der Waals surface area contributed by atoms with Crippen molar-refractivity contribution in [2.24, 2.45) is 11.5 Å². The lowest BCUT2D eigenvalue weighted by Gasteiger charge is -2.34. The highest BCUT2D eigenvalue weighted by molar-refractivity contribution is 4.87. The van der Waals surface area contributed by atoms with E-state index in [-0.39, 0.29) is 0 Å². The van der Waals surface area contributed by atoms with Crippen molar-refractivity contribution in [2.75, 3.05) is 13.6 Å². The van der Waals surface area contributed by atoms with Crippen molar-refractivity contribution in [2.45, 2.75) is 38.7 Å². The van der Waals surface area contributed by atoms with Gasteiger partial charge < -0.3 is 16.6 Å². The van der Waals surface area contributed by atoms with Crippen molar-refractivity contribution in [3.8, 4) is 0 Å². The van der Waals surface area contributed by atoms with Crippen molar-refractivity contribution in [3.63, 3.8) is 0 Å². The minimum atomic E-state index is -0.458. The first-order valence-electron chi connectivity index (χ1n) is 4.27. The highest BCUT2D eigenvalue weighted by Gasteiger charge is 2.32. The van der Waals surface area contributed by atoms with E-state index in [1.165, 1.54) is 7.05 Å². The number of rotatable bonds is 1. The normalized spacial score (nSPS) is 18.0. The average Bonchev–Trinajstić information content (AvgIpc) is 2.08. The van der Waals surface area contributed by atoms with Crippen molar-refractivity contribution < 1.29 is 5.11 Å². The molecule has 1 aliphatic carbocycles. The molecular formula is C8H22N2O. The quantitative estimate of drug-likeness (QED) is 0.524. The molecule has 0 aromatic rings. The monoisotopic (exact) mass is 162 g/mol. The van der Waals surface area contributed by atoms with Gasteiger partial charge in [0.2, 0.25) is 0 Å². The minimum Gasteiger partial charge on any atom is -0.389 e. The number of nitrogens with two attached hydrogens (primary N) is 2. The molecule has 0 aliphatic heterocycles. The molecule has 0 heterocycles. The minimum absolute atomic E-state index is 0.438. The van der Waals surface area contributed by atoms with Gasteiger partial charge in [0.05, 0.1) is 5.60 Å². The van der Waals surface area contributed by atoms with Gasteiger partial charge in [-0.1, -0.05) is 13.8 Å². The Bertz CT molecular complexity index is 67.0. The molecule has 0 radical (unpaired) electrons. The van der Waals surface area contributed by atoms with E-state index < -0.39 is 5.60 Å². The second-order valence-electron chi connectivity index (χ2n) is 2.28. The molecule has 1 aliphatic rings. The van der Waals surface area contributed by atoms with E-state index in [2.05, 4.69) is 5.73 Å². The summed E-state index contributed by atoms with van der Waals surface area (Å²) in [6, 6.07) is 0. The smallest absolute Gasteiger partial charge is 0.0769 e. The molecule has 0 amide bonds. The van der Waals surface area contributed by atoms with Gasteiger partial charge in [0.25, 0.3) is 0 Å². The van der Waals surface area contributed by atoms with Gasteiger partial charge in [-0.25, -0.2) is 0 Å². The van der Waals surface area contributed by atoms with Crippen LogP contribution in [0.15, 0.2) is 0 Å². The maximum absolute atomic E-state index is 9.09. The topological polar surface area (TPSA) is 72.3 Å². The van der Waals surface area contributed by atoms with Crippen LogP contribution >= 0.6 is 0 Å². The van der Waals surface area contributed by atoms with Crippen LogP contribution in [0.3, 0.4) is 0 Å². The molecule has 1 rings (SSSR count). The maximum atomic E-state index is 9.09. The molecule has 0 spiro atoms. The third-order valence-corrected chi connectivity index (χ3v) is 1.66. The summed E-state index contributed by atoms with van der Waals surface area (Å²) in [5.41, 5.74) is 9.26. The zero-order valence-corrected chi connectivity index (χ0v) is 7.93. The van der Waals surface area contributed by atoms with Gasteiger partial charge >= 0.3 is 0 Å². The van der Waals surface area contributed by atoms with Crippen LogP contribution in [0.2, 0.25) is 0 Å². The van der Waals surface area contributed by atoms with Gasteiger partial charge in [-0.15, -0.1) is 0 Å². The summed E-state index contributed by atoms with van der Waals surface area (Å²) in [5.74, 6) is 0. The molecule has 0 aromatic heterocycles. The molecule has 0 saturated heterocycles. The fourth-order valence-corrected chi connectivity index (χ4v) is 0.789. The van der Waals surface area contributed by atoms with E-state index in [0.717, 1.165) is 19.3 Å². The van der Waals surface area contributed by atoms with E-state index in [4.69, 9.17) is 10.8 Å². The third-order valence-electron chi connectivity index (χ3n) is 1.66. The maximum Gasteiger partial charge on any atom is 0.0769 e. The second-order valence-corrected chi connectivity index (χ2v) is 2.28. The van der Waals surface area contributed by atoms with Crippen LogP contribution in [0, 0.1) is 0 Å². The van der Waals surface area contributed by atoms with E-state index in [1.54, 1.807) is 0 Å². The summed E-state index contributed by atoms with van der Waals surface area (Å²) < 4.78 is 0. The van der Waals surface area contributed by atoms with Crippen molar-refractivity contribution >= 4 is 0 Å². The second kappa shape index (κ2) is 7.98. The Kier molecular flexibility index (Phi) is 9.77. The SMILES string of the molecule is CC.CN.NCC1(O)CCC1. The largest absolute Gasteiger partial charge is 0.389 e. The summed E-state index contributed by atoms with van der Waals surface area (Å²) in [6.45, 7) is 4.44. The molecule has 3 nitrogen and oxygen atoms in total. The molecular weight excluding hydrogens is 140 g/mol. The Hall–Kier alpha value is -0.120. The summed E-state index contributed by atoms with van der Waals surface area (Å²) in [6.07, 6.45) is 2.96. The first-order chi connectivity index (χ1) is 5.27. The fourth-order valence-electron chi connectivity index (χ4n) is 0.789. The molecule has 0 unspecified atom stereocenters. The Morgan fingerprint density at radius 1 is 1.27 bits per heavy atom. The molecule has 3 heteroatoms. The van der Waals surface area contributed by atoms with Gasteiger partial charge in [-0.2, -0.15) is 0 Å². The van der Waals surface area contributed by atoms with Gasteiger partial charge in [-0.05, 0) is 26.3 Å². The third kappa shape index (κ3) is 5.18. The van der Waals surface area contributed by atoms with Crippen LogP contribution in [0.1, 0.15) is 33.1 Å². The zero-order valence-electron chi connectivity index (χ0n) is 7.93. The van der Waals surface area contributed by atoms with Crippen molar-refractivity contribution in [3.05, 3.63) is 0 Å². The lowest BCUT2D eigenvalue weighted by atomic mass is 9.81. The summed E-state index contributed by atoms with van der Waals surface area (Å²) in [5, 5.41) is 9.09. The summed E-state index contributed by atoms with van der Waals surface area (Å²) >= 11 is 0. The average molecular weight is 162 g/mol. The Morgan fingerprint density at radius 2 is 1.64 bits per heavy atom. The standard InChI is InChI=1S/C5H11NO.C2H6.CH5N/c6-4-5(7)2-1-3-5;2*1-2/h7H,1-4,6H2;1-2H3;2H2,1H3. The fraction of sp³-hybridized carbons (Fsp3) is 1.00. The highest BCUT2D eigenvalue weighted by atomic mass is 16.3. The molecule has 0 aromatic carbocycles. The first-order valence-corrected chi connectivity index (χ1v) is 4.27. The molecule has 0 atom stereocenters. The zero-order chi connectivity index (χ0) is 9.33. The van der Waals surface area contributed by atoms with Crippen LogP contribution in [0.5, 0.6) is 0 Å². The Balaban J connectivity index is 0. The summed E-state index contributed by atoms with van der Waals surface area (Å²) in [4.78, 5) is 0. The van der Waals surface area contributed by atoms with E-state index in [1.807, 2.05) is 13.8 Å². The summed E-state index contributed by atoms with van der Waals surface area (Å²) in [7, 11) is 1.50. The molecule has 5 N–H and O–H groups in total. The molecule has 1 fully saturated rings. The Labute approximate surface area is 69.8 Å². The van der Waals surface area contributed by atoms with E-state index in [0.29, 0.717) is 6.54 Å². The lowest BCUT2D eigenvalue weighted by Crippen LogP contribution is -2.43. The van der Waals surface area contributed by atoms with Crippen molar-refractivity contribution in [1.82, 2.24) is 0 Å². The predicted octanol–water partition coefficient (Wildman–Crippen LogP) is 0.461. The number of hydrogen-bond donors (Lipinski definition) is 3. The lowest BCUT2D eigenvalue weighted by molar-refractivity contribution is -0.0240. The Morgan fingerprint density at radius 3 is 1.64 bits per heavy atom. The van der Waals surface area contributed by atoms with Gasteiger partial charge in [0, 0.05) is 6.54 Å². The van der Waals surface area contributed by atoms with E-state index >= 15 is 0 Å². The van der Waals surface area contributed by atoms with Crippen LogP contribution in [-0.4, -0.2) is 24.3 Å². The van der Waals surface area contributed by atoms with Gasteiger partial charge in [-0.3, -0.25) is 0 Å². The molecule has 11 heavy (non-hydrogen) atoms. The molecule has 70 valence electrons. The van der Waals surface area contributed by atoms with Crippen LogP contribution in [0.4, 0.5) is 0 Å². The van der Waals surface area contributed by atoms with Gasteiger partial charge in [0.1, 0.15) is 0 Å². The van der Waals surface area contributed by atoms with E-state index in [9.17, 15) is 0 Å². The molecule has 1 saturated carbocycles. The van der Waals surface area contributed by atoms with Gasteiger partial charge in [0.15, 0.2) is 0 Å². The molecule has 0 bridgehead atoms.